The van der Waals surface area contributed by atoms with Crippen LogP contribution in [0.25, 0.3) is 0 Å². The van der Waals surface area contributed by atoms with Gasteiger partial charge in [-0.05, 0) is 54.8 Å². The molecule has 1 spiro atoms. The van der Waals surface area contributed by atoms with Gasteiger partial charge in [0.25, 0.3) is 0 Å². The highest BCUT2D eigenvalue weighted by molar-refractivity contribution is 5.79. The van der Waals surface area contributed by atoms with Crippen LogP contribution in [0.2, 0.25) is 0 Å². The summed E-state index contributed by atoms with van der Waals surface area (Å²) >= 11 is 0. The Hall–Kier alpha value is -2.40. The highest BCUT2D eigenvalue weighted by Gasteiger charge is 2.41. The Morgan fingerprint density at radius 2 is 1.92 bits per heavy atom. The van der Waals surface area contributed by atoms with Gasteiger partial charge in [0.15, 0.2) is 0 Å². The number of pyridine rings is 1. The second-order valence-electron chi connectivity index (χ2n) is 7.46. The van der Waals surface area contributed by atoms with E-state index in [-0.39, 0.29) is 5.91 Å². The van der Waals surface area contributed by atoms with Gasteiger partial charge in [0, 0.05) is 37.4 Å². The van der Waals surface area contributed by atoms with Crippen molar-refractivity contribution in [2.75, 3.05) is 26.2 Å². The van der Waals surface area contributed by atoms with Crippen LogP contribution in [-0.2, 0) is 17.8 Å². The molecule has 0 saturated carbocycles. The zero-order valence-electron chi connectivity index (χ0n) is 15.0. The molecule has 1 amide bonds. The molecule has 2 saturated heterocycles. The van der Waals surface area contributed by atoms with Crippen LogP contribution in [0.1, 0.15) is 24.0 Å². The fourth-order valence-electron chi connectivity index (χ4n) is 3.93. The Kier molecular flexibility index (Phi) is 4.89. The Labute approximate surface area is 154 Å². The highest BCUT2D eigenvalue weighted by atomic mass is 16.5. The molecule has 0 aliphatic carbocycles. The Balaban J connectivity index is 1.29. The Bertz CT molecular complexity index is 740. The van der Waals surface area contributed by atoms with Gasteiger partial charge in [-0.3, -0.25) is 9.78 Å². The summed E-state index contributed by atoms with van der Waals surface area (Å²) in [6.07, 6.45) is 6.32. The first-order valence-electron chi connectivity index (χ1n) is 9.32. The highest BCUT2D eigenvalue weighted by Crippen LogP contribution is 2.36. The van der Waals surface area contributed by atoms with Gasteiger partial charge in [0.2, 0.25) is 5.91 Å². The first-order chi connectivity index (χ1) is 12.7. The average molecular weight is 351 g/mol. The molecule has 2 aliphatic heterocycles. The van der Waals surface area contributed by atoms with E-state index in [9.17, 15) is 4.79 Å². The first kappa shape index (κ1) is 17.0. The van der Waals surface area contributed by atoms with E-state index < -0.39 is 0 Å². The summed E-state index contributed by atoms with van der Waals surface area (Å²) < 4.78 is 5.79. The maximum atomic E-state index is 12.6. The zero-order chi connectivity index (χ0) is 17.8. The van der Waals surface area contributed by atoms with Gasteiger partial charge >= 0.3 is 0 Å². The number of ether oxygens (including phenoxy) is 1. The van der Waals surface area contributed by atoms with Crippen molar-refractivity contribution in [1.29, 1.82) is 0 Å². The summed E-state index contributed by atoms with van der Waals surface area (Å²) in [5, 5.41) is 3.44. The van der Waals surface area contributed by atoms with Gasteiger partial charge in [-0.25, -0.2) is 0 Å². The molecule has 5 nitrogen and oxygen atoms in total. The van der Waals surface area contributed by atoms with Crippen LogP contribution < -0.4 is 10.1 Å². The van der Waals surface area contributed by atoms with Crippen LogP contribution in [0.4, 0.5) is 0 Å². The number of nitrogens with one attached hydrogen (secondary N) is 1. The number of benzene rings is 1. The zero-order valence-corrected chi connectivity index (χ0v) is 15.0. The molecule has 1 atom stereocenters. The van der Waals surface area contributed by atoms with E-state index in [0.29, 0.717) is 18.4 Å². The van der Waals surface area contributed by atoms with Crippen molar-refractivity contribution in [1.82, 2.24) is 15.2 Å². The number of nitrogens with zero attached hydrogens (tertiary/aromatic N) is 2. The Morgan fingerprint density at radius 3 is 2.65 bits per heavy atom. The summed E-state index contributed by atoms with van der Waals surface area (Å²) in [6.45, 7) is 4.47. The third kappa shape index (κ3) is 3.88. The minimum atomic E-state index is 0.235. The standard InChI is InChI=1S/C21H25N3O2/c25-20(24-12-8-21(16-24)7-11-23-15-21)13-17-1-3-19(4-2-17)26-14-18-5-9-22-10-6-18/h1-6,9-10,23H,7-8,11-16H2. The van der Waals surface area contributed by atoms with Gasteiger partial charge in [0.1, 0.15) is 12.4 Å². The van der Waals surface area contributed by atoms with Crippen LogP contribution >= 0.6 is 0 Å². The van der Waals surface area contributed by atoms with Crippen molar-refractivity contribution in [3.63, 3.8) is 0 Å². The predicted molar refractivity (Wildman–Crippen MR) is 99.8 cm³/mol. The SMILES string of the molecule is O=C(Cc1ccc(OCc2ccncc2)cc1)N1CCC2(CCNC2)C1. The van der Waals surface area contributed by atoms with Gasteiger partial charge in [-0.2, -0.15) is 0 Å². The normalized spacial score (nSPS) is 22.1. The number of carbonyl (C=O) groups excluding carboxylic acids is 1. The lowest BCUT2D eigenvalue weighted by molar-refractivity contribution is -0.129. The molecule has 0 bridgehead atoms. The molecule has 1 aromatic heterocycles. The van der Waals surface area contributed by atoms with Crippen LogP contribution in [0.15, 0.2) is 48.8 Å². The number of rotatable bonds is 5. The molecule has 1 aromatic carbocycles. The van der Waals surface area contributed by atoms with E-state index in [1.165, 1.54) is 6.42 Å². The van der Waals surface area contributed by atoms with Crippen molar-refractivity contribution in [3.05, 3.63) is 59.9 Å². The minimum absolute atomic E-state index is 0.235. The fraction of sp³-hybridized carbons (Fsp3) is 0.429. The largest absolute Gasteiger partial charge is 0.489 e. The summed E-state index contributed by atoms with van der Waals surface area (Å²) in [4.78, 5) is 18.7. The van der Waals surface area contributed by atoms with E-state index in [4.69, 9.17) is 4.74 Å². The quantitative estimate of drug-likeness (QED) is 0.899. The van der Waals surface area contributed by atoms with Crippen LogP contribution in [0.3, 0.4) is 0 Å². The van der Waals surface area contributed by atoms with Crippen LogP contribution in [0, 0.1) is 5.41 Å². The minimum Gasteiger partial charge on any atom is -0.489 e. The van der Waals surface area contributed by atoms with E-state index in [0.717, 1.165) is 49.5 Å². The third-order valence-corrected chi connectivity index (χ3v) is 5.56. The van der Waals surface area contributed by atoms with E-state index in [2.05, 4.69) is 10.3 Å². The lowest BCUT2D eigenvalue weighted by Crippen LogP contribution is -2.34. The summed E-state index contributed by atoms with van der Waals surface area (Å²) in [5.74, 6) is 1.05. The Morgan fingerprint density at radius 1 is 1.12 bits per heavy atom. The number of likely N-dealkylation sites (tertiary alicyclic amines) is 1. The van der Waals surface area contributed by atoms with E-state index >= 15 is 0 Å². The van der Waals surface area contributed by atoms with Crippen molar-refractivity contribution < 1.29 is 9.53 Å². The van der Waals surface area contributed by atoms with E-state index in [1.54, 1.807) is 12.4 Å². The smallest absolute Gasteiger partial charge is 0.227 e. The van der Waals surface area contributed by atoms with Gasteiger partial charge in [-0.15, -0.1) is 0 Å². The third-order valence-electron chi connectivity index (χ3n) is 5.56. The predicted octanol–water partition coefficient (Wildman–Crippen LogP) is 2.42. The van der Waals surface area contributed by atoms with Crippen LogP contribution in [0.5, 0.6) is 5.75 Å². The van der Waals surface area contributed by atoms with Crippen molar-refractivity contribution >= 4 is 5.91 Å². The van der Waals surface area contributed by atoms with E-state index in [1.807, 2.05) is 41.3 Å². The molecule has 2 aromatic rings. The maximum Gasteiger partial charge on any atom is 0.227 e. The molecule has 5 heteroatoms. The fourth-order valence-corrected chi connectivity index (χ4v) is 3.93. The summed E-state index contributed by atoms with van der Waals surface area (Å²) in [5.41, 5.74) is 2.46. The van der Waals surface area contributed by atoms with Crippen molar-refractivity contribution in [2.24, 2.45) is 5.41 Å². The molecular weight excluding hydrogens is 326 g/mol. The molecule has 1 N–H and O–H groups in total. The average Bonchev–Trinajstić information content (AvgIpc) is 3.32. The first-order valence-corrected chi connectivity index (χ1v) is 9.32. The van der Waals surface area contributed by atoms with Crippen molar-refractivity contribution in [2.45, 2.75) is 25.9 Å². The van der Waals surface area contributed by atoms with Gasteiger partial charge in [-0.1, -0.05) is 12.1 Å². The second kappa shape index (κ2) is 7.46. The topological polar surface area (TPSA) is 54.5 Å². The number of amides is 1. The monoisotopic (exact) mass is 351 g/mol. The molecule has 136 valence electrons. The molecule has 2 aliphatic rings. The maximum absolute atomic E-state index is 12.6. The number of hydrogen-bond donors (Lipinski definition) is 1. The number of hydrogen-bond acceptors (Lipinski definition) is 4. The van der Waals surface area contributed by atoms with Gasteiger partial charge < -0.3 is 15.0 Å². The molecule has 1 unspecified atom stereocenters. The molecule has 2 fully saturated rings. The lowest BCUT2D eigenvalue weighted by atomic mass is 9.86. The summed E-state index contributed by atoms with van der Waals surface area (Å²) in [7, 11) is 0. The van der Waals surface area contributed by atoms with Crippen molar-refractivity contribution in [3.8, 4) is 5.75 Å². The molecular formula is C21H25N3O2. The molecule has 0 radical (unpaired) electrons. The van der Waals surface area contributed by atoms with Crippen LogP contribution in [-0.4, -0.2) is 42.0 Å². The molecule has 26 heavy (non-hydrogen) atoms. The lowest BCUT2D eigenvalue weighted by Gasteiger charge is -2.22. The van der Waals surface area contributed by atoms with Gasteiger partial charge in [0.05, 0.1) is 6.42 Å². The number of carbonyl (C=O) groups is 1. The molecule has 4 rings (SSSR count). The summed E-state index contributed by atoms with van der Waals surface area (Å²) in [6, 6.07) is 11.7. The molecule has 3 heterocycles. The number of aromatic nitrogens is 1. The second-order valence-corrected chi connectivity index (χ2v) is 7.46.